The van der Waals surface area contributed by atoms with E-state index in [9.17, 15) is 4.79 Å². The summed E-state index contributed by atoms with van der Waals surface area (Å²) in [4.78, 5) is 16.1. The van der Waals surface area contributed by atoms with E-state index in [4.69, 9.17) is 11.6 Å². The fraction of sp³-hybridized carbons (Fsp3) is 0.533. The van der Waals surface area contributed by atoms with E-state index in [1.807, 2.05) is 17.0 Å². The van der Waals surface area contributed by atoms with Crippen molar-refractivity contribution < 1.29 is 4.79 Å². The molecule has 3 unspecified atom stereocenters. The molecular formula is C15H18ClNOS. The van der Waals surface area contributed by atoms with Gasteiger partial charge in [-0.2, -0.15) is 0 Å². The minimum Gasteiger partial charge on any atom is -0.338 e. The lowest BCUT2D eigenvalue weighted by atomic mass is 9.99. The molecule has 3 atom stereocenters. The average molecular weight is 296 g/mol. The van der Waals surface area contributed by atoms with Crippen molar-refractivity contribution >= 4 is 29.3 Å². The smallest absolute Gasteiger partial charge is 0.231 e. The van der Waals surface area contributed by atoms with E-state index in [0.717, 1.165) is 18.7 Å². The number of fused-ring (bicyclic) bond motifs is 1. The molecule has 1 amide bonds. The number of likely N-dealkylation sites (tertiary alicyclic amines) is 1. The minimum absolute atomic E-state index is 0.0252. The van der Waals surface area contributed by atoms with Crippen LogP contribution in [0.5, 0.6) is 0 Å². The molecule has 3 rings (SSSR count). The molecule has 1 saturated heterocycles. The number of hydrogen-bond acceptors (Lipinski definition) is 2. The SMILES string of the molecule is CC1CCN(C(=O)C2CSc3ccccc32)C1CCl. The van der Waals surface area contributed by atoms with Crippen molar-refractivity contribution in [2.45, 2.75) is 30.2 Å². The highest BCUT2D eigenvalue weighted by atomic mass is 35.5. The third-order valence-electron chi connectivity index (χ3n) is 4.32. The highest BCUT2D eigenvalue weighted by Gasteiger charge is 2.39. The lowest BCUT2D eigenvalue weighted by Crippen LogP contribution is -2.41. The van der Waals surface area contributed by atoms with Gasteiger partial charge in [0.05, 0.1) is 5.92 Å². The van der Waals surface area contributed by atoms with Gasteiger partial charge in [-0.3, -0.25) is 4.79 Å². The summed E-state index contributed by atoms with van der Waals surface area (Å²) in [7, 11) is 0. The molecule has 0 N–H and O–H groups in total. The molecule has 0 spiro atoms. The van der Waals surface area contributed by atoms with Gasteiger partial charge in [-0.1, -0.05) is 25.1 Å². The number of rotatable bonds is 2. The van der Waals surface area contributed by atoms with Crippen LogP contribution in [0.1, 0.15) is 24.8 Å². The molecule has 2 aliphatic rings. The van der Waals surface area contributed by atoms with Gasteiger partial charge in [-0.15, -0.1) is 23.4 Å². The van der Waals surface area contributed by atoms with Gasteiger partial charge < -0.3 is 4.90 Å². The Labute approximate surface area is 123 Å². The number of hydrogen-bond donors (Lipinski definition) is 0. The van der Waals surface area contributed by atoms with Crippen molar-refractivity contribution in [2.75, 3.05) is 18.2 Å². The van der Waals surface area contributed by atoms with Crippen LogP contribution in [0.2, 0.25) is 0 Å². The molecule has 4 heteroatoms. The van der Waals surface area contributed by atoms with Gasteiger partial charge in [-0.05, 0) is 24.0 Å². The Morgan fingerprint density at radius 1 is 1.47 bits per heavy atom. The Morgan fingerprint density at radius 3 is 3.05 bits per heavy atom. The largest absolute Gasteiger partial charge is 0.338 e. The van der Waals surface area contributed by atoms with Gasteiger partial charge in [0.1, 0.15) is 0 Å². The predicted molar refractivity (Wildman–Crippen MR) is 79.9 cm³/mol. The van der Waals surface area contributed by atoms with Gasteiger partial charge in [-0.25, -0.2) is 0 Å². The Kier molecular flexibility index (Phi) is 3.77. The third kappa shape index (κ3) is 2.27. The molecule has 2 nitrogen and oxygen atoms in total. The Balaban J connectivity index is 1.82. The summed E-state index contributed by atoms with van der Waals surface area (Å²) in [5.41, 5.74) is 1.20. The van der Waals surface area contributed by atoms with Crippen LogP contribution >= 0.6 is 23.4 Å². The number of amides is 1. The molecule has 0 saturated carbocycles. The molecule has 0 radical (unpaired) electrons. The topological polar surface area (TPSA) is 20.3 Å². The van der Waals surface area contributed by atoms with Crippen LogP contribution in [0.3, 0.4) is 0 Å². The molecule has 2 heterocycles. The van der Waals surface area contributed by atoms with Crippen molar-refractivity contribution in [1.29, 1.82) is 0 Å². The quantitative estimate of drug-likeness (QED) is 0.780. The summed E-state index contributed by atoms with van der Waals surface area (Å²) < 4.78 is 0. The minimum atomic E-state index is 0.0252. The summed E-state index contributed by atoms with van der Waals surface area (Å²) in [5.74, 6) is 2.24. The predicted octanol–water partition coefficient (Wildman–Crippen LogP) is 3.35. The van der Waals surface area contributed by atoms with E-state index in [1.54, 1.807) is 11.8 Å². The van der Waals surface area contributed by atoms with E-state index in [2.05, 4.69) is 19.1 Å². The van der Waals surface area contributed by atoms with Crippen LogP contribution in [-0.4, -0.2) is 35.0 Å². The first kappa shape index (κ1) is 13.3. The number of benzene rings is 1. The Bertz CT molecular complexity index is 493. The van der Waals surface area contributed by atoms with Crippen LogP contribution in [0.25, 0.3) is 0 Å². The third-order valence-corrected chi connectivity index (χ3v) is 5.82. The van der Waals surface area contributed by atoms with E-state index in [1.165, 1.54) is 10.5 Å². The maximum absolute atomic E-state index is 12.8. The lowest BCUT2D eigenvalue weighted by Gasteiger charge is -2.27. The Hall–Kier alpha value is -0.670. The number of thioether (sulfide) groups is 1. The van der Waals surface area contributed by atoms with Gasteiger partial charge in [0.15, 0.2) is 0 Å². The van der Waals surface area contributed by atoms with E-state index in [-0.39, 0.29) is 17.9 Å². The first-order valence-electron chi connectivity index (χ1n) is 6.80. The second kappa shape index (κ2) is 5.37. The number of alkyl halides is 1. The van der Waals surface area contributed by atoms with Gasteiger partial charge >= 0.3 is 0 Å². The van der Waals surface area contributed by atoms with Crippen LogP contribution < -0.4 is 0 Å². The van der Waals surface area contributed by atoms with E-state index < -0.39 is 0 Å². The van der Waals surface area contributed by atoms with Crippen LogP contribution in [0, 0.1) is 5.92 Å². The van der Waals surface area contributed by atoms with Gasteiger partial charge in [0, 0.05) is 29.1 Å². The average Bonchev–Trinajstić information content (AvgIpc) is 3.01. The van der Waals surface area contributed by atoms with Crippen LogP contribution in [-0.2, 0) is 4.79 Å². The fourth-order valence-corrected chi connectivity index (χ4v) is 4.78. The zero-order valence-corrected chi connectivity index (χ0v) is 12.6. The zero-order chi connectivity index (χ0) is 13.4. The normalized spacial score (nSPS) is 29.6. The molecule has 1 aromatic carbocycles. The second-order valence-electron chi connectivity index (χ2n) is 5.42. The lowest BCUT2D eigenvalue weighted by molar-refractivity contribution is -0.133. The number of halogens is 1. The highest BCUT2D eigenvalue weighted by molar-refractivity contribution is 7.99. The van der Waals surface area contributed by atoms with Gasteiger partial charge in [0.25, 0.3) is 0 Å². The summed E-state index contributed by atoms with van der Waals surface area (Å²) >= 11 is 7.84. The number of carbonyl (C=O) groups is 1. The van der Waals surface area contributed by atoms with Crippen LogP contribution in [0.15, 0.2) is 29.2 Å². The van der Waals surface area contributed by atoms with Crippen molar-refractivity contribution in [1.82, 2.24) is 4.90 Å². The maximum atomic E-state index is 12.8. The molecule has 0 aromatic heterocycles. The Morgan fingerprint density at radius 2 is 2.26 bits per heavy atom. The maximum Gasteiger partial charge on any atom is 0.231 e. The second-order valence-corrected chi connectivity index (χ2v) is 6.79. The molecule has 2 aliphatic heterocycles. The first-order chi connectivity index (χ1) is 9.22. The summed E-state index contributed by atoms with van der Waals surface area (Å²) in [6, 6.07) is 8.48. The van der Waals surface area contributed by atoms with E-state index >= 15 is 0 Å². The molecule has 102 valence electrons. The first-order valence-corrected chi connectivity index (χ1v) is 8.32. The van der Waals surface area contributed by atoms with Crippen molar-refractivity contribution in [3.8, 4) is 0 Å². The molecular weight excluding hydrogens is 278 g/mol. The van der Waals surface area contributed by atoms with Gasteiger partial charge in [0.2, 0.25) is 5.91 Å². The molecule has 1 aromatic rings. The monoisotopic (exact) mass is 295 g/mol. The molecule has 1 fully saturated rings. The number of carbonyl (C=O) groups excluding carboxylic acids is 1. The van der Waals surface area contributed by atoms with Crippen molar-refractivity contribution in [3.05, 3.63) is 29.8 Å². The molecule has 19 heavy (non-hydrogen) atoms. The fourth-order valence-electron chi connectivity index (χ4n) is 3.08. The summed E-state index contributed by atoms with van der Waals surface area (Å²) in [6.45, 7) is 3.05. The van der Waals surface area contributed by atoms with E-state index in [0.29, 0.717) is 11.8 Å². The van der Waals surface area contributed by atoms with Crippen LogP contribution in [0.4, 0.5) is 0 Å². The summed E-state index contributed by atoms with van der Waals surface area (Å²) in [6.07, 6.45) is 1.07. The molecule has 0 bridgehead atoms. The highest BCUT2D eigenvalue weighted by Crippen LogP contribution is 2.41. The summed E-state index contributed by atoms with van der Waals surface area (Å²) in [5, 5.41) is 0. The van der Waals surface area contributed by atoms with Crippen molar-refractivity contribution in [3.63, 3.8) is 0 Å². The molecule has 0 aliphatic carbocycles. The standard InChI is InChI=1S/C15H18ClNOS/c1-10-6-7-17(13(10)8-16)15(18)12-9-19-14-5-3-2-4-11(12)14/h2-5,10,12-13H,6-9H2,1H3. The number of nitrogens with zero attached hydrogens (tertiary/aromatic N) is 1. The van der Waals surface area contributed by atoms with Crippen molar-refractivity contribution in [2.24, 2.45) is 5.92 Å². The zero-order valence-electron chi connectivity index (χ0n) is 11.0.